The van der Waals surface area contributed by atoms with Gasteiger partial charge in [-0.05, 0) is 11.4 Å². The van der Waals surface area contributed by atoms with Crippen LogP contribution in [0.1, 0.15) is 5.82 Å². The third-order valence-corrected chi connectivity index (χ3v) is 5.48. The van der Waals surface area contributed by atoms with Crippen LogP contribution >= 0.6 is 22.9 Å². The fourth-order valence-corrected chi connectivity index (χ4v) is 3.42. The second kappa shape index (κ2) is 5.29. The van der Waals surface area contributed by atoms with Crippen molar-refractivity contribution in [1.29, 1.82) is 0 Å². The zero-order valence-corrected chi connectivity index (χ0v) is 13.1. The highest BCUT2D eigenvalue weighted by Gasteiger charge is 2.22. The summed E-state index contributed by atoms with van der Waals surface area (Å²) in [5, 5.41) is 3.00. The molecule has 0 spiro atoms. The Hall–Kier alpha value is -0.800. The lowest BCUT2D eigenvalue weighted by atomic mass is 10.4. The quantitative estimate of drug-likeness (QED) is 0.802. The number of halogens is 1. The summed E-state index contributed by atoms with van der Waals surface area (Å²) >= 11 is 7.48. The van der Waals surface area contributed by atoms with Gasteiger partial charge in [-0.3, -0.25) is 0 Å². The summed E-state index contributed by atoms with van der Waals surface area (Å²) in [6.45, 7) is 0.0775. The van der Waals surface area contributed by atoms with Crippen LogP contribution in [-0.2, 0) is 16.8 Å². The number of thiophene rings is 1. The minimum absolute atomic E-state index is 0.0775. The Morgan fingerprint density at radius 3 is 2.63 bits per heavy atom. The fraction of sp³-hybridized carbons (Fsp3) is 0.400. The Balaban J connectivity index is 2.31. The molecule has 0 aliphatic rings. The van der Waals surface area contributed by atoms with Gasteiger partial charge in [0.05, 0.1) is 6.54 Å². The molecule has 0 fully saturated rings. The molecule has 0 radical (unpaired) electrons. The molecule has 9 heteroatoms. The summed E-state index contributed by atoms with van der Waals surface area (Å²) in [5.41, 5.74) is 0. The molecule has 0 N–H and O–H groups in total. The van der Waals surface area contributed by atoms with Crippen LogP contribution in [0, 0.1) is 0 Å². The van der Waals surface area contributed by atoms with Crippen molar-refractivity contribution >= 4 is 43.4 Å². The summed E-state index contributed by atoms with van der Waals surface area (Å²) in [4.78, 5) is 9.19. The molecule has 104 valence electrons. The molecule has 0 bridgehead atoms. The maximum absolute atomic E-state index is 11.9. The van der Waals surface area contributed by atoms with Crippen LogP contribution in [-0.4, -0.2) is 48.1 Å². The van der Waals surface area contributed by atoms with Crippen molar-refractivity contribution in [3.63, 3.8) is 0 Å². The van der Waals surface area contributed by atoms with Crippen molar-refractivity contribution in [3.05, 3.63) is 22.4 Å². The van der Waals surface area contributed by atoms with E-state index in [1.54, 1.807) is 0 Å². The molecule has 0 aliphatic heterocycles. The van der Waals surface area contributed by atoms with Crippen LogP contribution in [0.5, 0.6) is 0 Å². The highest BCUT2D eigenvalue weighted by Crippen LogP contribution is 2.25. The first-order valence-corrected chi connectivity index (χ1v) is 8.01. The van der Waals surface area contributed by atoms with E-state index in [4.69, 9.17) is 11.6 Å². The molecule has 2 aromatic heterocycles. The first-order chi connectivity index (χ1) is 8.82. The molecule has 19 heavy (non-hydrogen) atoms. The van der Waals surface area contributed by atoms with E-state index < -0.39 is 10.2 Å². The lowest BCUT2D eigenvalue weighted by Crippen LogP contribution is -2.37. The van der Waals surface area contributed by atoms with Crippen molar-refractivity contribution in [2.45, 2.75) is 6.54 Å². The summed E-state index contributed by atoms with van der Waals surface area (Å²) < 4.78 is 26.1. The first kappa shape index (κ1) is 14.6. The van der Waals surface area contributed by atoms with Gasteiger partial charge in [0.2, 0.25) is 0 Å². The maximum atomic E-state index is 11.9. The predicted molar refractivity (Wildman–Crippen MR) is 76.5 cm³/mol. The highest BCUT2D eigenvalue weighted by atomic mass is 35.5. The number of rotatable bonds is 4. The zero-order valence-electron chi connectivity index (χ0n) is 10.7. The van der Waals surface area contributed by atoms with E-state index in [-0.39, 0.29) is 6.54 Å². The van der Waals surface area contributed by atoms with Crippen molar-refractivity contribution in [2.24, 2.45) is 0 Å². The Bertz CT molecular complexity index is 699. The second-order valence-corrected chi connectivity index (χ2v) is 7.62. The molecule has 0 atom stereocenters. The van der Waals surface area contributed by atoms with Crippen molar-refractivity contribution in [2.75, 3.05) is 21.1 Å². The van der Waals surface area contributed by atoms with E-state index in [9.17, 15) is 8.42 Å². The minimum Gasteiger partial charge on any atom is -0.220 e. The second-order valence-electron chi connectivity index (χ2n) is 4.12. The Morgan fingerprint density at radius 1 is 1.32 bits per heavy atom. The predicted octanol–water partition coefficient (Wildman–Crippen LogP) is 1.58. The minimum atomic E-state index is -3.48. The van der Waals surface area contributed by atoms with Gasteiger partial charge < -0.3 is 0 Å². The zero-order chi connectivity index (χ0) is 14.2. The van der Waals surface area contributed by atoms with E-state index in [2.05, 4.69) is 9.97 Å². The van der Waals surface area contributed by atoms with E-state index >= 15 is 0 Å². The van der Waals surface area contributed by atoms with Crippen molar-refractivity contribution in [3.8, 4) is 0 Å². The third kappa shape index (κ3) is 2.87. The monoisotopic (exact) mass is 320 g/mol. The van der Waals surface area contributed by atoms with Gasteiger partial charge in [-0.1, -0.05) is 11.6 Å². The Labute approximate surface area is 120 Å². The Morgan fingerprint density at radius 2 is 2.00 bits per heavy atom. The molecule has 6 nitrogen and oxygen atoms in total. The molecule has 0 saturated carbocycles. The number of hydrogen-bond donors (Lipinski definition) is 0. The average Bonchev–Trinajstić information content (AvgIpc) is 2.77. The van der Waals surface area contributed by atoms with Gasteiger partial charge in [-0.15, -0.1) is 11.3 Å². The largest absolute Gasteiger partial charge is 0.281 e. The van der Waals surface area contributed by atoms with Gasteiger partial charge in [0, 0.05) is 26.5 Å². The molecule has 2 aromatic rings. The normalized spacial score (nSPS) is 12.7. The standard InChI is InChI=1S/C10H13ClN4O2S2/c1-14(2)19(16,17)15(3)6-8-12-9(11)7-4-5-18-10(7)13-8/h4-5H,6H2,1-3H3. The van der Waals surface area contributed by atoms with Gasteiger partial charge in [0.1, 0.15) is 15.8 Å². The molecular weight excluding hydrogens is 308 g/mol. The molecule has 0 saturated heterocycles. The Kier molecular flexibility index (Phi) is 4.07. The van der Waals surface area contributed by atoms with E-state index in [0.717, 1.165) is 14.5 Å². The number of aromatic nitrogens is 2. The van der Waals surface area contributed by atoms with E-state index in [1.807, 2.05) is 11.4 Å². The van der Waals surface area contributed by atoms with Crippen LogP contribution in [0.4, 0.5) is 0 Å². The van der Waals surface area contributed by atoms with Gasteiger partial charge in [-0.2, -0.15) is 17.0 Å². The lowest BCUT2D eigenvalue weighted by molar-refractivity contribution is 0.408. The van der Waals surface area contributed by atoms with Crippen LogP contribution in [0.15, 0.2) is 11.4 Å². The maximum Gasteiger partial charge on any atom is 0.281 e. The summed E-state index contributed by atoms with van der Waals surface area (Å²) in [6, 6.07) is 1.84. The van der Waals surface area contributed by atoms with Gasteiger partial charge in [-0.25, -0.2) is 9.97 Å². The van der Waals surface area contributed by atoms with E-state index in [0.29, 0.717) is 11.0 Å². The fourth-order valence-electron chi connectivity index (χ4n) is 1.49. The summed E-state index contributed by atoms with van der Waals surface area (Å²) in [6.07, 6.45) is 0. The smallest absolute Gasteiger partial charge is 0.220 e. The van der Waals surface area contributed by atoms with Crippen molar-refractivity contribution < 1.29 is 8.42 Å². The molecule has 2 heterocycles. The number of fused-ring (bicyclic) bond motifs is 1. The molecule has 0 aromatic carbocycles. The molecular formula is C10H13ClN4O2S2. The number of nitrogens with zero attached hydrogens (tertiary/aromatic N) is 4. The summed E-state index contributed by atoms with van der Waals surface area (Å²) in [5.74, 6) is 0.382. The van der Waals surface area contributed by atoms with Crippen LogP contribution < -0.4 is 0 Å². The number of hydrogen-bond acceptors (Lipinski definition) is 5. The SMILES string of the molecule is CN(C)S(=O)(=O)N(C)Cc1nc(Cl)c2ccsc2n1. The van der Waals surface area contributed by atoms with Crippen LogP contribution in [0.25, 0.3) is 10.2 Å². The van der Waals surface area contributed by atoms with Gasteiger partial charge in [0.15, 0.2) is 0 Å². The molecule has 0 unspecified atom stereocenters. The third-order valence-electron chi connectivity index (χ3n) is 2.54. The van der Waals surface area contributed by atoms with Gasteiger partial charge >= 0.3 is 0 Å². The van der Waals surface area contributed by atoms with E-state index in [1.165, 1.54) is 36.8 Å². The molecule has 0 amide bonds. The highest BCUT2D eigenvalue weighted by molar-refractivity contribution is 7.86. The van der Waals surface area contributed by atoms with Crippen LogP contribution in [0.2, 0.25) is 5.15 Å². The van der Waals surface area contributed by atoms with Crippen molar-refractivity contribution in [1.82, 2.24) is 18.6 Å². The molecule has 2 rings (SSSR count). The lowest BCUT2D eigenvalue weighted by Gasteiger charge is -2.20. The first-order valence-electron chi connectivity index (χ1n) is 5.36. The summed E-state index contributed by atoms with van der Waals surface area (Å²) in [7, 11) is 0.945. The average molecular weight is 321 g/mol. The van der Waals surface area contributed by atoms with Gasteiger partial charge in [0.25, 0.3) is 10.2 Å². The topological polar surface area (TPSA) is 66.4 Å². The van der Waals surface area contributed by atoms with Crippen LogP contribution in [0.3, 0.4) is 0 Å². The molecule has 0 aliphatic carbocycles.